The van der Waals surface area contributed by atoms with E-state index >= 15 is 0 Å². The molecule has 0 fully saturated rings. The lowest BCUT2D eigenvalue weighted by atomic mass is 10.1. The maximum atomic E-state index is 11.2. The molecule has 0 radical (unpaired) electrons. The summed E-state index contributed by atoms with van der Waals surface area (Å²) in [4.78, 5) is 21.1. The van der Waals surface area contributed by atoms with Gasteiger partial charge in [0, 0.05) is 6.54 Å². The highest BCUT2D eigenvalue weighted by Crippen LogP contribution is 2.28. The normalized spacial score (nSPS) is 9.67. The molecule has 0 aliphatic rings. The van der Waals surface area contributed by atoms with Gasteiger partial charge in [0.1, 0.15) is 0 Å². The Morgan fingerprint density at radius 1 is 1.50 bits per heavy atom. The molecule has 1 amide bonds. The van der Waals surface area contributed by atoms with Gasteiger partial charge in [-0.2, -0.15) is 0 Å². The fourth-order valence-corrected chi connectivity index (χ4v) is 1.42. The molecular formula is C12H15NO5. The third kappa shape index (κ3) is 3.65. The number of carbonyl (C=O) groups is 2. The minimum absolute atomic E-state index is 0.0503. The van der Waals surface area contributed by atoms with Crippen molar-refractivity contribution < 1.29 is 24.2 Å². The second-order valence-corrected chi connectivity index (χ2v) is 3.63. The van der Waals surface area contributed by atoms with Crippen molar-refractivity contribution in [1.29, 1.82) is 0 Å². The predicted octanol–water partition coefficient (Wildman–Crippen LogP) is 0.498. The molecule has 1 aromatic rings. The van der Waals surface area contributed by atoms with Crippen LogP contribution in [0.15, 0.2) is 12.1 Å². The molecule has 2 N–H and O–H groups in total. The highest BCUT2D eigenvalue weighted by Gasteiger charge is 2.08. The lowest BCUT2D eigenvalue weighted by molar-refractivity contribution is -0.137. The first-order valence-corrected chi connectivity index (χ1v) is 5.27. The molecule has 0 saturated carbocycles. The van der Waals surface area contributed by atoms with Gasteiger partial charge in [0.25, 0.3) is 12.4 Å². The first-order valence-electron chi connectivity index (χ1n) is 5.27. The SMILES string of the molecule is COc1cc(CNC(=O)COC=O)c(C)cc1O. The minimum Gasteiger partial charge on any atom is -0.504 e. The van der Waals surface area contributed by atoms with E-state index in [0.29, 0.717) is 5.75 Å². The Balaban J connectivity index is 2.67. The van der Waals surface area contributed by atoms with E-state index in [1.165, 1.54) is 7.11 Å². The van der Waals surface area contributed by atoms with Gasteiger partial charge in [-0.15, -0.1) is 0 Å². The summed E-state index contributed by atoms with van der Waals surface area (Å²) >= 11 is 0. The average molecular weight is 253 g/mol. The van der Waals surface area contributed by atoms with Crippen molar-refractivity contribution in [2.75, 3.05) is 13.7 Å². The summed E-state index contributed by atoms with van der Waals surface area (Å²) in [5.41, 5.74) is 1.63. The Labute approximate surface area is 105 Å². The molecule has 0 saturated heterocycles. The molecule has 0 spiro atoms. The first kappa shape index (κ1) is 13.8. The van der Waals surface area contributed by atoms with Crippen molar-refractivity contribution in [3.63, 3.8) is 0 Å². The zero-order valence-corrected chi connectivity index (χ0v) is 10.2. The molecule has 18 heavy (non-hydrogen) atoms. The summed E-state index contributed by atoms with van der Waals surface area (Å²) in [5, 5.41) is 12.1. The van der Waals surface area contributed by atoms with Crippen molar-refractivity contribution in [2.24, 2.45) is 0 Å². The van der Waals surface area contributed by atoms with E-state index in [2.05, 4.69) is 10.1 Å². The molecule has 0 heterocycles. The number of ether oxygens (including phenoxy) is 2. The van der Waals surface area contributed by atoms with Gasteiger partial charge in [0.15, 0.2) is 18.1 Å². The smallest absolute Gasteiger partial charge is 0.293 e. The van der Waals surface area contributed by atoms with Gasteiger partial charge in [-0.3, -0.25) is 9.59 Å². The van der Waals surface area contributed by atoms with E-state index < -0.39 is 5.91 Å². The lowest BCUT2D eigenvalue weighted by Crippen LogP contribution is -2.27. The fraction of sp³-hybridized carbons (Fsp3) is 0.333. The van der Waals surface area contributed by atoms with Crippen molar-refractivity contribution in [3.05, 3.63) is 23.3 Å². The van der Waals surface area contributed by atoms with Crippen molar-refractivity contribution in [2.45, 2.75) is 13.5 Å². The van der Waals surface area contributed by atoms with Gasteiger partial charge in [-0.05, 0) is 30.2 Å². The number of phenols is 1. The van der Waals surface area contributed by atoms with Crippen LogP contribution >= 0.6 is 0 Å². The van der Waals surface area contributed by atoms with E-state index in [0.717, 1.165) is 11.1 Å². The molecular weight excluding hydrogens is 238 g/mol. The van der Waals surface area contributed by atoms with E-state index in [-0.39, 0.29) is 25.4 Å². The number of aryl methyl sites for hydroxylation is 1. The van der Waals surface area contributed by atoms with Gasteiger partial charge in [-0.1, -0.05) is 0 Å². The van der Waals surface area contributed by atoms with Gasteiger partial charge < -0.3 is 19.9 Å². The van der Waals surface area contributed by atoms with Crippen molar-refractivity contribution in [1.82, 2.24) is 5.32 Å². The average Bonchev–Trinajstić information content (AvgIpc) is 2.35. The third-order valence-electron chi connectivity index (χ3n) is 2.40. The standard InChI is InChI=1S/C12H15NO5/c1-8-3-10(15)11(17-2)4-9(8)5-13-12(16)6-18-7-14/h3-4,7,15H,5-6H2,1-2H3,(H,13,16). The molecule has 6 heteroatoms. The van der Waals surface area contributed by atoms with Gasteiger partial charge in [-0.25, -0.2) is 0 Å². The number of hydrogen-bond acceptors (Lipinski definition) is 5. The second-order valence-electron chi connectivity index (χ2n) is 3.63. The maximum absolute atomic E-state index is 11.2. The van der Waals surface area contributed by atoms with Gasteiger partial charge in [0.2, 0.25) is 0 Å². The lowest BCUT2D eigenvalue weighted by Gasteiger charge is -2.11. The molecule has 6 nitrogen and oxygen atoms in total. The van der Waals surface area contributed by atoms with Crippen LogP contribution in [0, 0.1) is 6.92 Å². The van der Waals surface area contributed by atoms with E-state index in [4.69, 9.17) is 4.74 Å². The molecule has 0 atom stereocenters. The first-order chi connectivity index (χ1) is 8.58. The minimum atomic E-state index is -0.395. The topological polar surface area (TPSA) is 84.9 Å². The summed E-state index contributed by atoms with van der Waals surface area (Å²) in [7, 11) is 1.45. The number of aromatic hydroxyl groups is 1. The van der Waals surface area contributed by atoms with Crippen LogP contribution in [-0.4, -0.2) is 31.2 Å². The predicted molar refractivity (Wildman–Crippen MR) is 63.3 cm³/mol. The number of amides is 1. The zero-order chi connectivity index (χ0) is 13.5. The molecule has 0 aliphatic carbocycles. The second kappa shape index (κ2) is 6.48. The van der Waals surface area contributed by atoms with Gasteiger partial charge >= 0.3 is 0 Å². The number of nitrogens with one attached hydrogen (secondary N) is 1. The molecule has 0 unspecified atom stereocenters. The summed E-state index contributed by atoms with van der Waals surface area (Å²) < 4.78 is 9.30. The van der Waals surface area contributed by atoms with Crippen LogP contribution in [0.1, 0.15) is 11.1 Å². The Hall–Kier alpha value is -2.24. The third-order valence-corrected chi connectivity index (χ3v) is 2.40. The van der Waals surface area contributed by atoms with E-state index in [1.54, 1.807) is 12.1 Å². The van der Waals surface area contributed by atoms with Crippen LogP contribution < -0.4 is 10.1 Å². The number of phenolic OH excluding ortho intramolecular Hbond substituents is 1. The van der Waals surface area contributed by atoms with Crippen LogP contribution in [-0.2, 0) is 20.9 Å². The molecule has 1 rings (SSSR count). The van der Waals surface area contributed by atoms with Crippen LogP contribution in [0.5, 0.6) is 11.5 Å². The van der Waals surface area contributed by atoms with Crippen molar-refractivity contribution >= 4 is 12.4 Å². The summed E-state index contributed by atoms with van der Waals surface area (Å²) in [5.74, 6) is -0.00287. The highest BCUT2D eigenvalue weighted by atomic mass is 16.5. The van der Waals surface area contributed by atoms with E-state index in [9.17, 15) is 14.7 Å². The molecule has 1 aromatic carbocycles. The fourth-order valence-electron chi connectivity index (χ4n) is 1.42. The quantitative estimate of drug-likeness (QED) is 0.721. The number of benzene rings is 1. The Morgan fingerprint density at radius 3 is 2.83 bits per heavy atom. The molecule has 0 aromatic heterocycles. The summed E-state index contributed by atoms with van der Waals surface area (Å²) in [6, 6.07) is 3.20. The summed E-state index contributed by atoms with van der Waals surface area (Å²) in [6.07, 6.45) is 0. The van der Waals surface area contributed by atoms with Gasteiger partial charge in [0.05, 0.1) is 7.11 Å². The highest BCUT2D eigenvalue weighted by molar-refractivity contribution is 5.78. The Morgan fingerprint density at radius 2 is 2.22 bits per heavy atom. The van der Waals surface area contributed by atoms with Crippen LogP contribution in [0.4, 0.5) is 0 Å². The van der Waals surface area contributed by atoms with Crippen LogP contribution in [0.2, 0.25) is 0 Å². The molecule has 98 valence electrons. The summed E-state index contributed by atoms with van der Waals surface area (Å²) in [6.45, 7) is 1.98. The number of rotatable bonds is 6. The zero-order valence-electron chi connectivity index (χ0n) is 10.2. The Kier molecular flexibility index (Phi) is 4.98. The molecule has 0 bridgehead atoms. The van der Waals surface area contributed by atoms with Crippen LogP contribution in [0.25, 0.3) is 0 Å². The largest absolute Gasteiger partial charge is 0.504 e. The van der Waals surface area contributed by atoms with E-state index in [1.807, 2.05) is 6.92 Å². The maximum Gasteiger partial charge on any atom is 0.293 e. The number of methoxy groups -OCH3 is 1. The monoisotopic (exact) mass is 253 g/mol. The van der Waals surface area contributed by atoms with Crippen LogP contribution in [0.3, 0.4) is 0 Å². The molecule has 0 aliphatic heterocycles. The number of hydrogen-bond donors (Lipinski definition) is 2. The Bertz CT molecular complexity index is 444. The van der Waals surface area contributed by atoms with Crippen molar-refractivity contribution in [3.8, 4) is 11.5 Å². The number of carbonyl (C=O) groups excluding carboxylic acids is 2.